The maximum Gasteiger partial charge on any atom is 0.125 e. The van der Waals surface area contributed by atoms with Crippen LogP contribution in [0.3, 0.4) is 0 Å². The molecule has 1 N–H and O–H groups in total. The van der Waals surface area contributed by atoms with Crippen molar-refractivity contribution in [2.75, 3.05) is 20.8 Å². The largest absolute Gasteiger partial charge is 0.496 e. The lowest BCUT2D eigenvalue weighted by Gasteiger charge is -2.17. The summed E-state index contributed by atoms with van der Waals surface area (Å²) in [4.78, 5) is 0. The molecule has 0 aliphatic carbocycles. The quantitative estimate of drug-likeness (QED) is 0.843. The van der Waals surface area contributed by atoms with Gasteiger partial charge in [0.2, 0.25) is 0 Å². The summed E-state index contributed by atoms with van der Waals surface area (Å²) in [5.74, 6) is 1.92. The lowest BCUT2D eigenvalue weighted by Crippen LogP contribution is -2.25. The average molecular weight is 251 g/mol. The van der Waals surface area contributed by atoms with Gasteiger partial charge < -0.3 is 14.8 Å². The topological polar surface area (TPSA) is 30.5 Å². The summed E-state index contributed by atoms with van der Waals surface area (Å²) in [5, 5.41) is 3.42. The molecular formula is C15H25NO2. The zero-order valence-electron chi connectivity index (χ0n) is 12.4. The van der Waals surface area contributed by atoms with Gasteiger partial charge in [-0.25, -0.2) is 0 Å². The maximum absolute atomic E-state index is 5.53. The van der Waals surface area contributed by atoms with Crippen molar-refractivity contribution in [2.45, 2.75) is 40.2 Å². The summed E-state index contributed by atoms with van der Waals surface area (Å²) in [7, 11) is 3.44. The van der Waals surface area contributed by atoms with E-state index in [1.807, 2.05) is 0 Å². The van der Waals surface area contributed by atoms with Crippen LogP contribution < -0.4 is 14.8 Å². The Labute approximate surface area is 110 Å². The minimum atomic E-state index is 0.504. The van der Waals surface area contributed by atoms with E-state index in [0.29, 0.717) is 6.04 Å². The third kappa shape index (κ3) is 3.39. The predicted octanol–water partition coefficient (Wildman–Crippen LogP) is 2.86. The number of rotatable bonds is 6. The van der Waals surface area contributed by atoms with Gasteiger partial charge >= 0.3 is 0 Å². The Kier molecular flexibility index (Phi) is 5.48. The van der Waals surface area contributed by atoms with E-state index in [9.17, 15) is 0 Å². The Morgan fingerprint density at radius 2 is 1.78 bits per heavy atom. The second-order valence-corrected chi connectivity index (χ2v) is 4.88. The number of hydrogen-bond acceptors (Lipinski definition) is 3. The highest BCUT2D eigenvalue weighted by molar-refractivity contribution is 5.52. The van der Waals surface area contributed by atoms with Gasteiger partial charge in [-0.05, 0) is 49.6 Å². The van der Waals surface area contributed by atoms with E-state index in [0.717, 1.165) is 35.6 Å². The highest BCUT2D eigenvalue weighted by Gasteiger charge is 2.13. The van der Waals surface area contributed by atoms with Crippen molar-refractivity contribution >= 4 is 0 Å². The Morgan fingerprint density at radius 1 is 1.11 bits per heavy atom. The second kappa shape index (κ2) is 6.64. The SMILES string of the molecule is COc1cc(CCNC(C)C)c(OC)c(C)c1C. The summed E-state index contributed by atoms with van der Waals surface area (Å²) in [6.45, 7) is 9.39. The molecule has 0 amide bonds. The summed E-state index contributed by atoms with van der Waals surface area (Å²) in [6, 6.07) is 2.59. The number of benzene rings is 1. The summed E-state index contributed by atoms with van der Waals surface area (Å²) in [5.41, 5.74) is 3.51. The summed E-state index contributed by atoms with van der Waals surface area (Å²) < 4.78 is 10.9. The fraction of sp³-hybridized carbons (Fsp3) is 0.600. The Balaban J connectivity index is 2.98. The Bertz CT molecular complexity index is 400. The standard InChI is InChI=1S/C15H25NO2/c1-10(2)16-8-7-13-9-14(17-5)11(3)12(4)15(13)18-6/h9-10,16H,7-8H2,1-6H3. The third-order valence-corrected chi connectivity index (χ3v) is 3.24. The van der Waals surface area contributed by atoms with E-state index < -0.39 is 0 Å². The van der Waals surface area contributed by atoms with Gasteiger partial charge in [-0.2, -0.15) is 0 Å². The molecule has 0 unspecified atom stereocenters. The van der Waals surface area contributed by atoms with E-state index in [-0.39, 0.29) is 0 Å². The highest BCUT2D eigenvalue weighted by atomic mass is 16.5. The summed E-state index contributed by atoms with van der Waals surface area (Å²) in [6.07, 6.45) is 0.943. The van der Waals surface area contributed by atoms with Crippen molar-refractivity contribution in [2.24, 2.45) is 0 Å². The first kappa shape index (κ1) is 14.8. The van der Waals surface area contributed by atoms with Crippen molar-refractivity contribution in [1.29, 1.82) is 0 Å². The monoisotopic (exact) mass is 251 g/mol. The average Bonchev–Trinajstić information content (AvgIpc) is 2.33. The van der Waals surface area contributed by atoms with Gasteiger partial charge in [0.1, 0.15) is 11.5 Å². The van der Waals surface area contributed by atoms with Gasteiger partial charge in [0.25, 0.3) is 0 Å². The number of methoxy groups -OCH3 is 2. The van der Waals surface area contributed by atoms with Crippen LogP contribution in [0.1, 0.15) is 30.5 Å². The molecule has 0 aliphatic heterocycles. The van der Waals surface area contributed by atoms with Crippen molar-refractivity contribution < 1.29 is 9.47 Å². The molecule has 0 spiro atoms. The van der Waals surface area contributed by atoms with E-state index in [1.54, 1.807) is 14.2 Å². The Morgan fingerprint density at radius 3 is 2.28 bits per heavy atom. The first-order chi connectivity index (χ1) is 8.51. The molecule has 0 heterocycles. The van der Waals surface area contributed by atoms with Gasteiger partial charge in [-0.1, -0.05) is 13.8 Å². The zero-order valence-corrected chi connectivity index (χ0v) is 12.4. The van der Waals surface area contributed by atoms with Gasteiger partial charge in [0, 0.05) is 6.04 Å². The minimum Gasteiger partial charge on any atom is -0.496 e. The van der Waals surface area contributed by atoms with Crippen LogP contribution in [0.2, 0.25) is 0 Å². The molecule has 0 saturated heterocycles. The molecule has 0 bridgehead atoms. The van der Waals surface area contributed by atoms with Gasteiger partial charge in [0.15, 0.2) is 0 Å². The molecule has 1 aromatic carbocycles. The van der Waals surface area contributed by atoms with E-state index in [4.69, 9.17) is 9.47 Å². The molecule has 18 heavy (non-hydrogen) atoms. The molecule has 1 rings (SSSR count). The van der Waals surface area contributed by atoms with E-state index in [2.05, 4.69) is 39.1 Å². The minimum absolute atomic E-state index is 0.504. The van der Waals surface area contributed by atoms with Crippen molar-refractivity contribution in [3.05, 3.63) is 22.8 Å². The maximum atomic E-state index is 5.53. The molecule has 3 nitrogen and oxygen atoms in total. The lowest BCUT2D eigenvalue weighted by molar-refractivity contribution is 0.392. The number of hydrogen-bond donors (Lipinski definition) is 1. The van der Waals surface area contributed by atoms with Crippen LogP contribution >= 0.6 is 0 Å². The van der Waals surface area contributed by atoms with Gasteiger partial charge in [-0.3, -0.25) is 0 Å². The molecule has 0 aromatic heterocycles. The van der Waals surface area contributed by atoms with Crippen LogP contribution in [0.5, 0.6) is 11.5 Å². The molecule has 0 aliphatic rings. The van der Waals surface area contributed by atoms with Crippen LogP contribution in [0.15, 0.2) is 6.07 Å². The van der Waals surface area contributed by atoms with Gasteiger partial charge in [0.05, 0.1) is 14.2 Å². The van der Waals surface area contributed by atoms with Crippen LogP contribution in [0.4, 0.5) is 0 Å². The molecule has 0 saturated carbocycles. The smallest absolute Gasteiger partial charge is 0.125 e. The van der Waals surface area contributed by atoms with Crippen molar-refractivity contribution in [1.82, 2.24) is 5.32 Å². The molecular weight excluding hydrogens is 226 g/mol. The first-order valence-electron chi connectivity index (χ1n) is 6.45. The van der Waals surface area contributed by atoms with E-state index >= 15 is 0 Å². The normalized spacial score (nSPS) is 10.8. The number of ether oxygens (including phenoxy) is 2. The van der Waals surface area contributed by atoms with Crippen LogP contribution in [0, 0.1) is 13.8 Å². The predicted molar refractivity (Wildman–Crippen MR) is 75.9 cm³/mol. The van der Waals surface area contributed by atoms with Crippen LogP contribution in [0.25, 0.3) is 0 Å². The first-order valence-corrected chi connectivity index (χ1v) is 6.45. The van der Waals surface area contributed by atoms with Crippen molar-refractivity contribution in [3.63, 3.8) is 0 Å². The fourth-order valence-electron chi connectivity index (χ4n) is 2.11. The Hall–Kier alpha value is -1.22. The molecule has 0 atom stereocenters. The molecule has 0 fully saturated rings. The van der Waals surface area contributed by atoms with Crippen LogP contribution in [-0.2, 0) is 6.42 Å². The zero-order chi connectivity index (χ0) is 13.7. The molecule has 3 heteroatoms. The van der Waals surface area contributed by atoms with Crippen LogP contribution in [-0.4, -0.2) is 26.8 Å². The third-order valence-electron chi connectivity index (χ3n) is 3.24. The second-order valence-electron chi connectivity index (χ2n) is 4.88. The number of nitrogens with one attached hydrogen (secondary N) is 1. The highest BCUT2D eigenvalue weighted by Crippen LogP contribution is 2.33. The molecule has 0 radical (unpaired) electrons. The molecule has 1 aromatic rings. The summed E-state index contributed by atoms with van der Waals surface area (Å²) >= 11 is 0. The van der Waals surface area contributed by atoms with E-state index in [1.165, 1.54) is 5.56 Å². The molecule has 102 valence electrons. The van der Waals surface area contributed by atoms with Crippen molar-refractivity contribution in [3.8, 4) is 11.5 Å². The fourth-order valence-corrected chi connectivity index (χ4v) is 2.11. The van der Waals surface area contributed by atoms with Gasteiger partial charge in [-0.15, -0.1) is 0 Å². The lowest BCUT2D eigenvalue weighted by atomic mass is 10.0.